The molecule has 0 radical (unpaired) electrons. The van der Waals surface area contributed by atoms with Gasteiger partial charge in [-0.1, -0.05) is 18.2 Å². The summed E-state index contributed by atoms with van der Waals surface area (Å²) in [4.78, 5) is 20.8. The van der Waals surface area contributed by atoms with Crippen molar-refractivity contribution in [2.45, 2.75) is 6.42 Å². The fraction of sp³-hybridized carbons (Fsp3) is 0.0909. The molecule has 0 saturated carbocycles. The fourth-order valence-electron chi connectivity index (χ4n) is 2.96. The number of methoxy groups -OCH3 is 1. The molecule has 4 aromatic rings. The van der Waals surface area contributed by atoms with Gasteiger partial charge in [0.15, 0.2) is 5.82 Å². The second-order valence-corrected chi connectivity index (χ2v) is 6.45. The minimum Gasteiger partial charge on any atom is -0.496 e. The van der Waals surface area contributed by atoms with Crippen LogP contribution < -0.4 is 15.4 Å². The summed E-state index contributed by atoms with van der Waals surface area (Å²) < 4.78 is 6.96. The van der Waals surface area contributed by atoms with Gasteiger partial charge in [0.05, 0.1) is 13.5 Å². The molecule has 8 nitrogen and oxygen atoms in total. The summed E-state index contributed by atoms with van der Waals surface area (Å²) in [6, 6.07) is 18.5. The highest BCUT2D eigenvalue weighted by atomic mass is 16.5. The van der Waals surface area contributed by atoms with E-state index in [2.05, 4.69) is 25.7 Å². The van der Waals surface area contributed by atoms with Crippen molar-refractivity contribution in [3.63, 3.8) is 0 Å². The smallest absolute Gasteiger partial charge is 0.228 e. The van der Waals surface area contributed by atoms with Crippen LogP contribution in [0.2, 0.25) is 0 Å². The van der Waals surface area contributed by atoms with Crippen molar-refractivity contribution in [3.8, 4) is 11.6 Å². The first-order chi connectivity index (χ1) is 14.7. The maximum absolute atomic E-state index is 12.4. The Hall–Kier alpha value is -4.20. The van der Waals surface area contributed by atoms with Crippen molar-refractivity contribution in [2.75, 3.05) is 17.7 Å². The van der Waals surface area contributed by atoms with Crippen LogP contribution in [0.1, 0.15) is 5.56 Å². The van der Waals surface area contributed by atoms with E-state index in [1.54, 1.807) is 24.1 Å². The highest BCUT2D eigenvalue weighted by Crippen LogP contribution is 2.20. The molecule has 8 heteroatoms. The number of anilines is 3. The largest absolute Gasteiger partial charge is 0.496 e. The van der Waals surface area contributed by atoms with Crippen LogP contribution >= 0.6 is 0 Å². The molecular formula is C22H20N6O2. The van der Waals surface area contributed by atoms with Gasteiger partial charge in [0.1, 0.15) is 17.9 Å². The van der Waals surface area contributed by atoms with Crippen molar-refractivity contribution in [3.05, 3.63) is 84.9 Å². The highest BCUT2D eigenvalue weighted by molar-refractivity contribution is 5.92. The first kappa shape index (κ1) is 19.1. The first-order valence-electron chi connectivity index (χ1n) is 9.32. The lowest BCUT2D eigenvalue weighted by Crippen LogP contribution is -2.14. The zero-order valence-corrected chi connectivity index (χ0v) is 16.3. The van der Waals surface area contributed by atoms with Gasteiger partial charge in [-0.25, -0.2) is 14.6 Å². The number of hydrogen-bond donors (Lipinski definition) is 2. The van der Waals surface area contributed by atoms with E-state index in [9.17, 15) is 4.79 Å². The molecule has 0 saturated heterocycles. The quantitative estimate of drug-likeness (QED) is 0.492. The lowest BCUT2D eigenvalue weighted by atomic mass is 10.1. The Kier molecular flexibility index (Phi) is 5.66. The van der Waals surface area contributed by atoms with Gasteiger partial charge in [-0.05, 0) is 36.4 Å². The lowest BCUT2D eigenvalue weighted by Gasteiger charge is -2.10. The van der Waals surface area contributed by atoms with Crippen LogP contribution in [0.15, 0.2) is 79.4 Å². The molecule has 30 heavy (non-hydrogen) atoms. The molecule has 2 aromatic heterocycles. The Morgan fingerprint density at radius 1 is 1.03 bits per heavy atom. The molecule has 4 rings (SSSR count). The minimum atomic E-state index is -0.111. The highest BCUT2D eigenvalue weighted by Gasteiger charge is 2.09. The second kappa shape index (κ2) is 8.87. The van der Waals surface area contributed by atoms with Gasteiger partial charge in [-0.3, -0.25) is 4.79 Å². The van der Waals surface area contributed by atoms with E-state index in [1.165, 1.54) is 6.33 Å². The molecule has 0 bridgehead atoms. The van der Waals surface area contributed by atoms with Crippen LogP contribution in [0.3, 0.4) is 0 Å². The van der Waals surface area contributed by atoms with Gasteiger partial charge < -0.3 is 15.4 Å². The molecule has 150 valence electrons. The van der Waals surface area contributed by atoms with E-state index in [1.807, 2.05) is 60.8 Å². The third kappa shape index (κ3) is 4.61. The van der Waals surface area contributed by atoms with Crippen LogP contribution in [-0.4, -0.2) is 32.8 Å². The van der Waals surface area contributed by atoms with E-state index in [4.69, 9.17) is 4.74 Å². The third-order valence-corrected chi connectivity index (χ3v) is 4.38. The maximum Gasteiger partial charge on any atom is 0.228 e. The summed E-state index contributed by atoms with van der Waals surface area (Å²) in [5.41, 5.74) is 2.38. The van der Waals surface area contributed by atoms with Crippen LogP contribution in [-0.2, 0) is 11.2 Å². The van der Waals surface area contributed by atoms with Gasteiger partial charge in [-0.15, -0.1) is 0 Å². The number of rotatable bonds is 7. The van der Waals surface area contributed by atoms with Crippen LogP contribution in [0.25, 0.3) is 5.82 Å². The number of nitrogens with one attached hydrogen (secondary N) is 2. The minimum absolute atomic E-state index is 0.111. The molecule has 1 amide bonds. The first-order valence-corrected chi connectivity index (χ1v) is 9.32. The summed E-state index contributed by atoms with van der Waals surface area (Å²) in [6.07, 6.45) is 5.22. The van der Waals surface area contributed by atoms with Crippen LogP contribution in [0, 0.1) is 0 Å². The number of carbonyl (C=O) groups excluding carboxylic acids is 1. The number of amides is 1. The van der Waals surface area contributed by atoms with Crippen molar-refractivity contribution in [1.29, 1.82) is 0 Å². The van der Waals surface area contributed by atoms with Crippen molar-refractivity contribution in [1.82, 2.24) is 19.7 Å². The lowest BCUT2D eigenvalue weighted by molar-refractivity contribution is -0.115. The molecule has 2 N–H and O–H groups in total. The summed E-state index contributed by atoms with van der Waals surface area (Å²) in [7, 11) is 1.60. The van der Waals surface area contributed by atoms with Gasteiger partial charge in [0.25, 0.3) is 0 Å². The molecule has 0 aliphatic rings. The number of ether oxygens (including phenoxy) is 1. The van der Waals surface area contributed by atoms with Gasteiger partial charge >= 0.3 is 0 Å². The van der Waals surface area contributed by atoms with Gasteiger partial charge in [-0.2, -0.15) is 5.10 Å². The second-order valence-electron chi connectivity index (χ2n) is 6.45. The summed E-state index contributed by atoms with van der Waals surface area (Å²) >= 11 is 0. The number of benzene rings is 2. The Labute approximate surface area is 173 Å². The molecule has 2 aromatic carbocycles. The number of carbonyl (C=O) groups is 1. The standard InChI is InChI=1S/C22H20N6O2/c1-30-19-6-3-2-5-16(19)13-22(29)27-18-9-7-17(8-10-18)26-20-14-21(24-15-23-20)28-12-4-11-25-28/h2-12,14-15H,13H2,1H3,(H,27,29)(H,23,24,26). The van der Waals surface area contributed by atoms with Crippen molar-refractivity contribution in [2.24, 2.45) is 0 Å². The summed E-state index contributed by atoms with van der Waals surface area (Å²) in [5, 5.41) is 10.3. The number of aromatic nitrogens is 4. The van der Waals surface area contributed by atoms with Gasteiger partial charge in [0, 0.05) is 35.4 Å². The van der Waals surface area contributed by atoms with Crippen molar-refractivity contribution < 1.29 is 9.53 Å². The van der Waals surface area contributed by atoms with Crippen molar-refractivity contribution >= 4 is 23.1 Å². The Balaban J connectivity index is 1.38. The average Bonchev–Trinajstić information content (AvgIpc) is 3.31. The van der Waals surface area contributed by atoms with E-state index < -0.39 is 0 Å². The SMILES string of the molecule is COc1ccccc1CC(=O)Nc1ccc(Nc2cc(-n3cccn3)ncn2)cc1. The zero-order valence-electron chi connectivity index (χ0n) is 16.3. The number of hydrogen-bond acceptors (Lipinski definition) is 6. The fourth-order valence-corrected chi connectivity index (χ4v) is 2.96. The summed E-state index contributed by atoms with van der Waals surface area (Å²) in [6.45, 7) is 0. The predicted octanol–water partition coefficient (Wildman–Crippen LogP) is 3.60. The molecule has 0 unspecified atom stereocenters. The molecule has 0 fully saturated rings. The van der Waals surface area contributed by atoms with E-state index in [-0.39, 0.29) is 12.3 Å². The number of para-hydroxylation sites is 1. The van der Waals surface area contributed by atoms with Crippen LogP contribution in [0.5, 0.6) is 5.75 Å². The molecule has 0 atom stereocenters. The molecular weight excluding hydrogens is 380 g/mol. The summed E-state index contributed by atoms with van der Waals surface area (Å²) in [5.74, 6) is 1.90. The molecule has 0 aliphatic heterocycles. The average molecular weight is 400 g/mol. The van der Waals surface area contributed by atoms with Crippen LogP contribution in [0.4, 0.5) is 17.2 Å². The van der Waals surface area contributed by atoms with Gasteiger partial charge in [0.2, 0.25) is 5.91 Å². The topological polar surface area (TPSA) is 94.0 Å². The molecule has 2 heterocycles. The molecule has 0 spiro atoms. The molecule has 0 aliphatic carbocycles. The normalized spacial score (nSPS) is 10.4. The zero-order chi connectivity index (χ0) is 20.8. The Morgan fingerprint density at radius 2 is 1.83 bits per heavy atom. The van der Waals surface area contributed by atoms with E-state index in [0.717, 1.165) is 11.3 Å². The van der Waals surface area contributed by atoms with E-state index >= 15 is 0 Å². The third-order valence-electron chi connectivity index (χ3n) is 4.38. The maximum atomic E-state index is 12.4. The predicted molar refractivity (Wildman–Crippen MR) is 114 cm³/mol. The Morgan fingerprint density at radius 3 is 2.60 bits per heavy atom. The number of nitrogens with zero attached hydrogens (tertiary/aromatic N) is 4. The van der Waals surface area contributed by atoms with E-state index in [0.29, 0.717) is 23.1 Å². The monoisotopic (exact) mass is 400 g/mol. The Bertz CT molecular complexity index is 1130.